The summed E-state index contributed by atoms with van der Waals surface area (Å²) in [6, 6.07) is 3.26. The SMILES string of the molecule is CN1CCC23CC(=O)CCC2(O)C1Cc1ccc(O)c(O)c13. The van der Waals surface area contributed by atoms with Gasteiger partial charge in [0.1, 0.15) is 5.78 Å². The van der Waals surface area contributed by atoms with Crippen LogP contribution in [0.15, 0.2) is 12.1 Å². The summed E-state index contributed by atoms with van der Waals surface area (Å²) in [5.41, 5.74) is -0.249. The van der Waals surface area contributed by atoms with Gasteiger partial charge in [0.15, 0.2) is 11.5 Å². The van der Waals surface area contributed by atoms with E-state index in [4.69, 9.17) is 0 Å². The van der Waals surface area contributed by atoms with Crippen LogP contribution in [-0.2, 0) is 16.6 Å². The lowest BCUT2D eigenvalue weighted by Gasteiger charge is -2.62. The minimum Gasteiger partial charge on any atom is -0.504 e. The van der Waals surface area contributed by atoms with Gasteiger partial charge in [-0.05, 0) is 44.5 Å². The van der Waals surface area contributed by atoms with Gasteiger partial charge in [-0.15, -0.1) is 0 Å². The number of aromatic hydroxyl groups is 2. The summed E-state index contributed by atoms with van der Waals surface area (Å²) in [7, 11) is 2.01. The predicted molar refractivity (Wildman–Crippen MR) is 80.0 cm³/mol. The van der Waals surface area contributed by atoms with Crippen molar-refractivity contribution in [3.8, 4) is 11.5 Å². The standard InChI is InChI=1S/C17H21NO4/c1-18-7-6-16-9-11(19)4-5-17(16,22)13(18)8-10-2-3-12(20)15(21)14(10)16/h2-3,13,20-22H,4-9H2,1H3. The van der Waals surface area contributed by atoms with Gasteiger partial charge in [-0.2, -0.15) is 0 Å². The molecule has 1 aliphatic heterocycles. The minimum atomic E-state index is -1.02. The van der Waals surface area contributed by atoms with Crippen LogP contribution in [0.25, 0.3) is 0 Å². The van der Waals surface area contributed by atoms with Gasteiger partial charge >= 0.3 is 0 Å². The van der Waals surface area contributed by atoms with Crippen molar-refractivity contribution in [2.45, 2.75) is 49.2 Å². The molecule has 4 rings (SSSR count). The Morgan fingerprint density at radius 2 is 2.05 bits per heavy atom. The molecule has 118 valence electrons. The first kappa shape index (κ1) is 14.0. The number of hydrogen-bond acceptors (Lipinski definition) is 5. The van der Waals surface area contributed by atoms with Crippen molar-refractivity contribution >= 4 is 5.78 Å². The fourth-order valence-corrected chi connectivity index (χ4v) is 5.11. The molecule has 3 N–H and O–H groups in total. The molecule has 1 saturated heterocycles. The Morgan fingerprint density at radius 1 is 1.27 bits per heavy atom. The third kappa shape index (κ3) is 1.48. The minimum absolute atomic E-state index is 0.0502. The number of rotatable bonds is 0. The molecule has 1 saturated carbocycles. The first-order valence-electron chi connectivity index (χ1n) is 7.88. The van der Waals surface area contributed by atoms with E-state index in [9.17, 15) is 20.1 Å². The quantitative estimate of drug-likeness (QED) is 0.625. The van der Waals surface area contributed by atoms with Gasteiger partial charge in [-0.3, -0.25) is 4.79 Å². The molecule has 2 fully saturated rings. The van der Waals surface area contributed by atoms with Crippen LogP contribution in [0.4, 0.5) is 0 Å². The highest BCUT2D eigenvalue weighted by Gasteiger charge is 2.65. The van der Waals surface area contributed by atoms with Gasteiger partial charge < -0.3 is 20.2 Å². The second-order valence-corrected chi connectivity index (χ2v) is 7.14. The number of hydrogen-bond donors (Lipinski definition) is 3. The molecule has 2 bridgehead atoms. The van der Waals surface area contributed by atoms with E-state index in [1.165, 1.54) is 6.07 Å². The Morgan fingerprint density at radius 3 is 2.82 bits per heavy atom. The number of likely N-dealkylation sites (tertiary alicyclic amines) is 1. The van der Waals surface area contributed by atoms with Gasteiger partial charge in [0, 0.05) is 29.9 Å². The highest BCUT2D eigenvalue weighted by atomic mass is 16.3. The van der Waals surface area contributed by atoms with Crippen molar-refractivity contribution in [1.29, 1.82) is 0 Å². The summed E-state index contributed by atoms with van der Waals surface area (Å²) in [4.78, 5) is 14.3. The smallest absolute Gasteiger partial charge is 0.161 e. The second-order valence-electron chi connectivity index (χ2n) is 7.14. The Balaban J connectivity index is 2.02. The number of phenolic OH excluding ortho intramolecular Hbond substituents is 2. The largest absolute Gasteiger partial charge is 0.504 e. The zero-order chi connectivity index (χ0) is 15.7. The molecule has 22 heavy (non-hydrogen) atoms. The maximum absolute atomic E-state index is 12.2. The summed E-state index contributed by atoms with van der Waals surface area (Å²) in [5, 5.41) is 31.9. The molecule has 1 aromatic carbocycles. The predicted octanol–water partition coefficient (Wildman–Crippen LogP) is 1.08. The first-order chi connectivity index (χ1) is 10.4. The topological polar surface area (TPSA) is 81.0 Å². The van der Waals surface area contributed by atoms with Crippen LogP contribution < -0.4 is 0 Å². The number of benzene rings is 1. The number of carbonyl (C=O) groups is 1. The molecular weight excluding hydrogens is 282 g/mol. The molecule has 2 aliphatic carbocycles. The lowest BCUT2D eigenvalue weighted by Crippen LogP contribution is -2.72. The fourth-order valence-electron chi connectivity index (χ4n) is 5.11. The van der Waals surface area contributed by atoms with Crippen LogP contribution in [0, 0.1) is 0 Å². The average molecular weight is 303 g/mol. The van der Waals surface area contributed by atoms with Crippen LogP contribution in [-0.4, -0.2) is 51.2 Å². The maximum Gasteiger partial charge on any atom is 0.161 e. The molecular formula is C17H21NO4. The Kier molecular flexibility index (Phi) is 2.70. The molecule has 3 aliphatic rings. The Hall–Kier alpha value is -1.59. The van der Waals surface area contributed by atoms with Crippen molar-refractivity contribution in [1.82, 2.24) is 4.90 Å². The molecule has 0 aromatic heterocycles. The van der Waals surface area contributed by atoms with E-state index in [0.29, 0.717) is 31.2 Å². The van der Waals surface area contributed by atoms with Crippen molar-refractivity contribution in [3.63, 3.8) is 0 Å². The van der Waals surface area contributed by atoms with Crippen LogP contribution in [0.3, 0.4) is 0 Å². The van der Waals surface area contributed by atoms with Crippen molar-refractivity contribution in [2.24, 2.45) is 0 Å². The Labute approximate surface area is 129 Å². The van der Waals surface area contributed by atoms with E-state index in [0.717, 1.165) is 12.1 Å². The molecule has 1 aromatic rings. The number of likely N-dealkylation sites (N-methyl/N-ethyl adjacent to an activating group) is 1. The second kappa shape index (κ2) is 4.24. The summed E-state index contributed by atoms with van der Waals surface area (Å²) >= 11 is 0. The van der Waals surface area contributed by atoms with Crippen molar-refractivity contribution in [3.05, 3.63) is 23.3 Å². The fraction of sp³-hybridized carbons (Fsp3) is 0.588. The molecule has 3 unspecified atom stereocenters. The molecule has 5 heteroatoms. The molecule has 0 radical (unpaired) electrons. The summed E-state index contributed by atoms with van der Waals surface area (Å²) < 4.78 is 0. The zero-order valence-corrected chi connectivity index (χ0v) is 12.7. The van der Waals surface area contributed by atoms with E-state index in [1.54, 1.807) is 0 Å². The number of carbonyl (C=O) groups excluding carboxylic acids is 1. The van der Waals surface area contributed by atoms with Gasteiger partial charge in [-0.25, -0.2) is 0 Å². The van der Waals surface area contributed by atoms with E-state index < -0.39 is 11.0 Å². The van der Waals surface area contributed by atoms with Crippen LogP contribution in [0.2, 0.25) is 0 Å². The number of Topliss-reactive ketones (excluding diaryl/α,β-unsaturated/α-hetero) is 1. The van der Waals surface area contributed by atoms with Crippen molar-refractivity contribution in [2.75, 3.05) is 13.6 Å². The molecule has 0 spiro atoms. The molecule has 5 nitrogen and oxygen atoms in total. The number of aliphatic hydroxyl groups is 1. The zero-order valence-electron chi connectivity index (χ0n) is 12.7. The normalized spacial score (nSPS) is 37.5. The van der Waals surface area contributed by atoms with Gasteiger partial charge in [0.25, 0.3) is 0 Å². The number of phenols is 2. The number of ketones is 1. The van der Waals surface area contributed by atoms with Crippen LogP contribution in [0.1, 0.15) is 36.8 Å². The van der Waals surface area contributed by atoms with Gasteiger partial charge in [-0.1, -0.05) is 6.07 Å². The van der Waals surface area contributed by atoms with E-state index >= 15 is 0 Å². The Bertz CT molecular complexity index is 673. The van der Waals surface area contributed by atoms with Crippen LogP contribution >= 0.6 is 0 Å². The maximum atomic E-state index is 12.2. The lowest BCUT2D eigenvalue weighted by atomic mass is 9.49. The van der Waals surface area contributed by atoms with E-state index in [1.807, 2.05) is 13.1 Å². The summed E-state index contributed by atoms with van der Waals surface area (Å²) in [5.74, 6) is -0.205. The summed E-state index contributed by atoms with van der Waals surface area (Å²) in [6.07, 6.45) is 2.31. The number of nitrogens with zero attached hydrogens (tertiary/aromatic N) is 1. The number of piperidine rings is 1. The lowest BCUT2D eigenvalue weighted by molar-refractivity contribution is -0.169. The van der Waals surface area contributed by atoms with Crippen molar-refractivity contribution < 1.29 is 20.1 Å². The molecule has 1 heterocycles. The third-order valence-corrected chi connectivity index (χ3v) is 6.22. The average Bonchev–Trinajstić information content (AvgIpc) is 2.47. The van der Waals surface area contributed by atoms with Crippen LogP contribution in [0.5, 0.6) is 11.5 Å². The highest BCUT2D eigenvalue weighted by Crippen LogP contribution is 2.60. The van der Waals surface area contributed by atoms with E-state index in [2.05, 4.69) is 4.90 Å². The van der Waals surface area contributed by atoms with Gasteiger partial charge in [0.2, 0.25) is 0 Å². The summed E-state index contributed by atoms with van der Waals surface area (Å²) in [6.45, 7) is 0.773. The highest BCUT2D eigenvalue weighted by molar-refractivity contribution is 5.83. The molecule has 0 amide bonds. The monoisotopic (exact) mass is 303 g/mol. The first-order valence-corrected chi connectivity index (χ1v) is 7.88. The molecule has 3 atom stereocenters. The van der Waals surface area contributed by atoms with E-state index in [-0.39, 0.29) is 29.7 Å². The third-order valence-electron chi connectivity index (χ3n) is 6.22. The van der Waals surface area contributed by atoms with Gasteiger partial charge in [0.05, 0.1) is 5.60 Å². The number of fused-ring (bicyclic) bond motifs is 1.